The SMILES string of the molecule is c1ccc2sc(-c3ccc(OCCN4CCCC4)nc3)cc2c1. The summed E-state index contributed by atoms with van der Waals surface area (Å²) in [5.74, 6) is 0.717. The largest absolute Gasteiger partial charge is 0.476 e. The second-order valence-corrected chi connectivity index (χ2v) is 7.01. The fourth-order valence-electron chi connectivity index (χ4n) is 3.02. The predicted octanol–water partition coefficient (Wildman–Crippen LogP) is 4.44. The van der Waals surface area contributed by atoms with E-state index in [0.29, 0.717) is 5.88 Å². The maximum absolute atomic E-state index is 5.77. The molecule has 2 aromatic heterocycles. The Bertz CT molecular complexity index is 742. The van der Waals surface area contributed by atoms with E-state index in [2.05, 4.69) is 46.3 Å². The lowest BCUT2D eigenvalue weighted by Gasteiger charge is -2.14. The highest BCUT2D eigenvalue weighted by Crippen LogP contribution is 2.33. The van der Waals surface area contributed by atoms with Crippen LogP contribution in [0, 0.1) is 0 Å². The number of nitrogens with zero attached hydrogens (tertiary/aromatic N) is 2. The zero-order valence-corrected chi connectivity index (χ0v) is 13.9. The Balaban J connectivity index is 1.40. The number of thiophene rings is 1. The predicted molar refractivity (Wildman–Crippen MR) is 96.2 cm³/mol. The lowest BCUT2D eigenvalue weighted by atomic mass is 10.2. The van der Waals surface area contributed by atoms with Gasteiger partial charge in [-0.1, -0.05) is 18.2 Å². The standard InChI is InChI=1S/C19H20N2OS/c1-2-6-17-15(5-1)13-18(23-17)16-7-8-19(20-14-16)22-12-11-21-9-3-4-10-21/h1-2,5-8,13-14H,3-4,9-12H2. The van der Waals surface area contributed by atoms with Crippen molar-refractivity contribution in [1.29, 1.82) is 0 Å². The molecule has 0 N–H and O–H groups in total. The summed E-state index contributed by atoms with van der Waals surface area (Å²) in [7, 11) is 0. The highest BCUT2D eigenvalue weighted by molar-refractivity contribution is 7.22. The summed E-state index contributed by atoms with van der Waals surface area (Å²) < 4.78 is 7.08. The molecule has 3 heterocycles. The van der Waals surface area contributed by atoms with Crippen molar-refractivity contribution in [3.63, 3.8) is 0 Å². The Hall–Kier alpha value is -1.91. The molecule has 3 nitrogen and oxygen atoms in total. The summed E-state index contributed by atoms with van der Waals surface area (Å²) in [5.41, 5.74) is 1.15. The number of aromatic nitrogens is 1. The van der Waals surface area contributed by atoms with Crippen LogP contribution in [0.2, 0.25) is 0 Å². The molecule has 4 rings (SSSR count). The molecule has 0 unspecified atom stereocenters. The molecule has 23 heavy (non-hydrogen) atoms. The van der Waals surface area contributed by atoms with Crippen molar-refractivity contribution in [3.05, 3.63) is 48.7 Å². The number of hydrogen-bond acceptors (Lipinski definition) is 4. The number of rotatable bonds is 5. The lowest BCUT2D eigenvalue weighted by molar-refractivity contribution is 0.232. The summed E-state index contributed by atoms with van der Waals surface area (Å²) in [6, 6.07) is 14.8. The molecule has 0 bridgehead atoms. The van der Waals surface area contributed by atoms with E-state index in [0.717, 1.165) is 18.7 Å². The first-order chi connectivity index (χ1) is 11.4. The fraction of sp³-hybridized carbons (Fsp3) is 0.316. The van der Waals surface area contributed by atoms with Crippen molar-refractivity contribution >= 4 is 21.4 Å². The average molecular weight is 324 g/mol. The van der Waals surface area contributed by atoms with Gasteiger partial charge in [0.05, 0.1) is 0 Å². The average Bonchev–Trinajstić information content (AvgIpc) is 3.24. The maximum Gasteiger partial charge on any atom is 0.213 e. The van der Waals surface area contributed by atoms with E-state index in [9.17, 15) is 0 Å². The topological polar surface area (TPSA) is 25.4 Å². The molecular formula is C19H20N2OS. The van der Waals surface area contributed by atoms with Crippen LogP contribution in [-0.2, 0) is 0 Å². The van der Waals surface area contributed by atoms with Crippen LogP contribution in [0.1, 0.15) is 12.8 Å². The second kappa shape index (κ2) is 6.69. The smallest absolute Gasteiger partial charge is 0.213 e. The third kappa shape index (κ3) is 3.38. The van der Waals surface area contributed by atoms with Gasteiger partial charge in [0, 0.05) is 33.9 Å². The van der Waals surface area contributed by atoms with Crippen LogP contribution in [-0.4, -0.2) is 36.1 Å². The van der Waals surface area contributed by atoms with E-state index in [1.807, 2.05) is 12.3 Å². The number of likely N-dealkylation sites (tertiary alicyclic amines) is 1. The Morgan fingerprint density at radius 3 is 2.74 bits per heavy atom. The van der Waals surface area contributed by atoms with Crippen LogP contribution in [0.15, 0.2) is 48.7 Å². The normalized spacial score (nSPS) is 15.3. The van der Waals surface area contributed by atoms with Crippen molar-refractivity contribution in [2.75, 3.05) is 26.2 Å². The maximum atomic E-state index is 5.77. The van der Waals surface area contributed by atoms with Gasteiger partial charge in [-0.2, -0.15) is 0 Å². The molecule has 1 aliphatic rings. The molecular weight excluding hydrogens is 304 g/mol. The molecule has 0 aliphatic carbocycles. The molecule has 0 radical (unpaired) electrons. The minimum atomic E-state index is 0.717. The van der Waals surface area contributed by atoms with E-state index in [1.54, 1.807) is 11.3 Å². The van der Waals surface area contributed by atoms with E-state index in [-0.39, 0.29) is 0 Å². The second-order valence-electron chi connectivity index (χ2n) is 5.93. The van der Waals surface area contributed by atoms with E-state index < -0.39 is 0 Å². The Labute approximate surface area is 140 Å². The summed E-state index contributed by atoms with van der Waals surface area (Å²) in [6.07, 6.45) is 4.56. The molecule has 1 fully saturated rings. The van der Waals surface area contributed by atoms with Gasteiger partial charge in [-0.3, -0.25) is 4.90 Å². The van der Waals surface area contributed by atoms with E-state index in [4.69, 9.17) is 4.74 Å². The van der Waals surface area contributed by atoms with Gasteiger partial charge in [-0.25, -0.2) is 4.98 Å². The van der Waals surface area contributed by atoms with Crippen molar-refractivity contribution < 1.29 is 4.74 Å². The zero-order chi connectivity index (χ0) is 15.5. The number of ether oxygens (including phenoxy) is 1. The van der Waals surface area contributed by atoms with Gasteiger partial charge in [0.2, 0.25) is 5.88 Å². The van der Waals surface area contributed by atoms with Crippen molar-refractivity contribution in [3.8, 4) is 16.3 Å². The van der Waals surface area contributed by atoms with Crippen LogP contribution < -0.4 is 4.74 Å². The van der Waals surface area contributed by atoms with Crippen LogP contribution in [0.25, 0.3) is 20.5 Å². The van der Waals surface area contributed by atoms with Crippen molar-refractivity contribution in [2.45, 2.75) is 12.8 Å². The van der Waals surface area contributed by atoms with Gasteiger partial charge in [0.1, 0.15) is 6.61 Å². The molecule has 0 spiro atoms. The first-order valence-electron chi connectivity index (χ1n) is 8.19. The molecule has 118 valence electrons. The Kier molecular flexibility index (Phi) is 4.26. The minimum Gasteiger partial charge on any atom is -0.476 e. The van der Waals surface area contributed by atoms with Gasteiger partial charge in [-0.15, -0.1) is 11.3 Å². The van der Waals surface area contributed by atoms with Crippen LogP contribution in [0.3, 0.4) is 0 Å². The molecule has 1 aromatic carbocycles. The number of pyridine rings is 1. The van der Waals surface area contributed by atoms with Crippen LogP contribution in [0.4, 0.5) is 0 Å². The fourth-order valence-corrected chi connectivity index (χ4v) is 4.07. The summed E-state index contributed by atoms with van der Waals surface area (Å²) in [4.78, 5) is 8.16. The van der Waals surface area contributed by atoms with E-state index >= 15 is 0 Å². The van der Waals surface area contributed by atoms with Gasteiger partial charge >= 0.3 is 0 Å². The monoisotopic (exact) mass is 324 g/mol. The quantitative estimate of drug-likeness (QED) is 0.694. The molecule has 1 saturated heterocycles. The van der Waals surface area contributed by atoms with Gasteiger partial charge < -0.3 is 4.74 Å². The highest BCUT2D eigenvalue weighted by Gasteiger charge is 2.11. The molecule has 1 aliphatic heterocycles. The molecule has 3 aromatic rings. The first-order valence-corrected chi connectivity index (χ1v) is 9.00. The summed E-state index contributed by atoms with van der Waals surface area (Å²) in [5, 5.41) is 1.29. The van der Waals surface area contributed by atoms with Gasteiger partial charge in [-0.05, 0) is 49.5 Å². The molecule has 4 heteroatoms. The summed E-state index contributed by atoms with van der Waals surface area (Å²) >= 11 is 1.80. The Morgan fingerprint density at radius 1 is 1.09 bits per heavy atom. The third-order valence-electron chi connectivity index (χ3n) is 4.30. The minimum absolute atomic E-state index is 0.717. The van der Waals surface area contributed by atoms with Crippen molar-refractivity contribution in [1.82, 2.24) is 9.88 Å². The third-order valence-corrected chi connectivity index (χ3v) is 5.47. The van der Waals surface area contributed by atoms with Crippen LogP contribution >= 0.6 is 11.3 Å². The summed E-state index contributed by atoms with van der Waals surface area (Å²) in [6.45, 7) is 4.14. The number of benzene rings is 1. The molecule has 0 saturated carbocycles. The van der Waals surface area contributed by atoms with E-state index in [1.165, 1.54) is 40.9 Å². The van der Waals surface area contributed by atoms with Gasteiger partial charge in [0.25, 0.3) is 0 Å². The first kappa shape index (κ1) is 14.7. The molecule has 0 atom stereocenters. The Morgan fingerprint density at radius 2 is 1.96 bits per heavy atom. The highest BCUT2D eigenvalue weighted by atomic mass is 32.1. The van der Waals surface area contributed by atoms with Crippen molar-refractivity contribution in [2.24, 2.45) is 0 Å². The number of hydrogen-bond donors (Lipinski definition) is 0. The van der Waals surface area contributed by atoms with Crippen LogP contribution in [0.5, 0.6) is 5.88 Å². The lowest BCUT2D eigenvalue weighted by Crippen LogP contribution is -2.25. The molecule has 0 amide bonds. The van der Waals surface area contributed by atoms with Gasteiger partial charge in [0.15, 0.2) is 0 Å². The zero-order valence-electron chi connectivity index (χ0n) is 13.1. The number of fused-ring (bicyclic) bond motifs is 1.